The monoisotopic (exact) mass is 267 g/mol. The average Bonchev–Trinajstić information content (AvgIpc) is 2.52. The van der Waals surface area contributed by atoms with Gasteiger partial charge < -0.3 is 4.90 Å². The maximum Gasteiger partial charge on any atom is 0.00219 e. The van der Waals surface area contributed by atoms with Gasteiger partial charge in [0.15, 0.2) is 0 Å². The molecule has 0 saturated carbocycles. The molecule has 1 nitrogen and oxygen atoms in total. The van der Waals surface area contributed by atoms with Gasteiger partial charge in [-0.2, -0.15) is 0 Å². The van der Waals surface area contributed by atoms with Crippen LogP contribution in [0.5, 0.6) is 0 Å². The predicted octanol–water partition coefficient (Wildman–Crippen LogP) is 4.18. The first-order valence-corrected chi connectivity index (χ1v) is 7.68. The summed E-state index contributed by atoms with van der Waals surface area (Å²) in [5, 5.41) is 0. The number of hydrogen-bond acceptors (Lipinski definition) is 1. The van der Waals surface area contributed by atoms with Crippen LogP contribution in [0, 0.1) is 0 Å². The van der Waals surface area contributed by atoms with Crippen molar-refractivity contribution in [2.24, 2.45) is 0 Å². The van der Waals surface area contributed by atoms with Crippen LogP contribution in [0.1, 0.15) is 24.5 Å². The Balaban J connectivity index is 1.81. The van der Waals surface area contributed by atoms with Crippen molar-refractivity contribution in [1.29, 1.82) is 0 Å². The van der Waals surface area contributed by atoms with Gasteiger partial charge in [0.2, 0.25) is 0 Å². The normalized spacial score (nSPS) is 10.9. The van der Waals surface area contributed by atoms with Crippen LogP contribution in [0.25, 0.3) is 0 Å². The highest BCUT2D eigenvalue weighted by Crippen LogP contribution is 2.05. The molecule has 0 saturated heterocycles. The average molecular weight is 267 g/mol. The molecular weight excluding hydrogens is 242 g/mol. The fourth-order valence-corrected chi connectivity index (χ4v) is 2.52. The zero-order valence-electron chi connectivity index (χ0n) is 12.5. The van der Waals surface area contributed by atoms with Gasteiger partial charge in [0.1, 0.15) is 0 Å². The summed E-state index contributed by atoms with van der Waals surface area (Å²) in [6, 6.07) is 21.6. The summed E-state index contributed by atoms with van der Waals surface area (Å²) in [5.41, 5.74) is 2.88. The summed E-state index contributed by atoms with van der Waals surface area (Å²) < 4.78 is 0. The molecule has 0 radical (unpaired) electrons. The van der Waals surface area contributed by atoms with E-state index in [9.17, 15) is 0 Å². The second-order valence-corrected chi connectivity index (χ2v) is 5.31. The molecular formula is C19H25N. The largest absolute Gasteiger partial charge is 0.303 e. The topological polar surface area (TPSA) is 3.24 Å². The van der Waals surface area contributed by atoms with Crippen LogP contribution in [0.3, 0.4) is 0 Å². The van der Waals surface area contributed by atoms with Gasteiger partial charge in [0.25, 0.3) is 0 Å². The van der Waals surface area contributed by atoms with Crippen LogP contribution in [0.4, 0.5) is 0 Å². The SMILES string of the molecule is CCCN(CCc1ccccc1)CCc1ccccc1. The minimum Gasteiger partial charge on any atom is -0.303 e. The first-order valence-electron chi connectivity index (χ1n) is 7.68. The van der Waals surface area contributed by atoms with E-state index in [1.807, 2.05) is 0 Å². The lowest BCUT2D eigenvalue weighted by Gasteiger charge is -2.21. The first kappa shape index (κ1) is 14.8. The van der Waals surface area contributed by atoms with Crippen LogP contribution in [-0.2, 0) is 12.8 Å². The third-order valence-electron chi connectivity index (χ3n) is 3.66. The maximum atomic E-state index is 2.58. The molecule has 0 spiro atoms. The van der Waals surface area contributed by atoms with E-state index in [-0.39, 0.29) is 0 Å². The van der Waals surface area contributed by atoms with Crippen LogP contribution >= 0.6 is 0 Å². The lowest BCUT2D eigenvalue weighted by molar-refractivity contribution is 0.281. The number of benzene rings is 2. The molecule has 20 heavy (non-hydrogen) atoms. The van der Waals surface area contributed by atoms with Crippen molar-refractivity contribution < 1.29 is 0 Å². The first-order chi connectivity index (χ1) is 9.88. The van der Waals surface area contributed by atoms with E-state index in [2.05, 4.69) is 72.5 Å². The minimum absolute atomic E-state index is 1.15. The van der Waals surface area contributed by atoms with Crippen molar-refractivity contribution in [1.82, 2.24) is 4.90 Å². The second kappa shape index (κ2) is 8.55. The van der Waals surface area contributed by atoms with E-state index < -0.39 is 0 Å². The van der Waals surface area contributed by atoms with E-state index in [0.29, 0.717) is 0 Å². The van der Waals surface area contributed by atoms with Crippen LogP contribution in [0.2, 0.25) is 0 Å². The Morgan fingerprint density at radius 2 is 1.10 bits per heavy atom. The van der Waals surface area contributed by atoms with Crippen molar-refractivity contribution >= 4 is 0 Å². The van der Waals surface area contributed by atoms with E-state index in [0.717, 1.165) is 25.9 Å². The quantitative estimate of drug-likeness (QED) is 0.693. The highest BCUT2D eigenvalue weighted by Gasteiger charge is 2.04. The summed E-state index contributed by atoms with van der Waals surface area (Å²) in [7, 11) is 0. The Morgan fingerprint density at radius 3 is 1.50 bits per heavy atom. The predicted molar refractivity (Wildman–Crippen MR) is 87.0 cm³/mol. The standard InChI is InChI=1S/C19H25N/c1-2-15-20(16-13-18-9-5-3-6-10-18)17-14-19-11-7-4-8-12-19/h3-12H,2,13-17H2,1H3. The molecule has 0 fully saturated rings. The van der Waals surface area contributed by atoms with Gasteiger partial charge in [-0.25, -0.2) is 0 Å². The molecule has 0 amide bonds. The minimum atomic E-state index is 1.15. The Hall–Kier alpha value is -1.60. The lowest BCUT2D eigenvalue weighted by Crippen LogP contribution is -2.29. The lowest BCUT2D eigenvalue weighted by atomic mass is 10.1. The highest BCUT2D eigenvalue weighted by molar-refractivity contribution is 5.16. The maximum absolute atomic E-state index is 2.58. The molecule has 106 valence electrons. The molecule has 2 aromatic carbocycles. The molecule has 1 heteroatoms. The van der Waals surface area contributed by atoms with Crippen molar-refractivity contribution in [3.63, 3.8) is 0 Å². The molecule has 0 bridgehead atoms. The van der Waals surface area contributed by atoms with E-state index in [1.165, 1.54) is 24.1 Å². The van der Waals surface area contributed by atoms with Gasteiger partial charge in [0, 0.05) is 13.1 Å². The third kappa shape index (κ3) is 5.18. The molecule has 0 N–H and O–H groups in total. The number of nitrogens with zero attached hydrogens (tertiary/aromatic N) is 1. The Kier molecular flexibility index (Phi) is 6.33. The van der Waals surface area contributed by atoms with Crippen LogP contribution in [-0.4, -0.2) is 24.5 Å². The van der Waals surface area contributed by atoms with Crippen LogP contribution in [0.15, 0.2) is 60.7 Å². The highest BCUT2D eigenvalue weighted by atomic mass is 15.1. The van der Waals surface area contributed by atoms with Gasteiger partial charge >= 0.3 is 0 Å². The Bertz CT molecular complexity index is 420. The van der Waals surface area contributed by atoms with Crippen molar-refractivity contribution in [3.8, 4) is 0 Å². The van der Waals surface area contributed by atoms with Gasteiger partial charge in [-0.1, -0.05) is 67.6 Å². The summed E-state index contributed by atoms with van der Waals surface area (Å²) in [6.45, 7) is 5.77. The molecule has 2 aromatic rings. The molecule has 0 heterocycles. The number of rotatable bonds is 8. The summed E-state index contributed by atoms with van der Waals surface area (Å²) in [4.78, 5) is 2.58. The molecule has 2 rings (SSSR count). The van der Waals surface area contributed by atoms with Gasteiger partial charge in [-0.3, -0.25) is 0 Å². The molecule has 0 atom stereocenters. The van der Waals surface area contributed by atoms with E-state index in [4.69, 9.17) is 0 Å². The van der Waals surface area contributed by atoms with Gasteiger partial charge in [0.05, 0.1) is 0 Å². The number of hydrogen-bond donors (Lipinski definition) is 0. The van der Waals surface area contributed by atoms with Gasteiger partial charge in [-0.15, -0.1) is 0 Å². The fraction of sp³-hybridized carbons (Fsp3) is 0.368. The fourth-order valence-electron chi connectivity index (χ4n) is 2.52. The molecule has 0 aliphatic rings. The molecule has 0 unspecified atom stereocenters. The van der Waals surface area contributed by atoms with Crippen molar-refractivity contribution in [2.75, 3.05) is 19.6 Å². The van der Waals surface area contributed by atoms with E-state index in [1.54, 1.807) is 0 Å². The second-order valence-electron chi connectivity index (χ2n) is 5.31. The van der Waals surface area contributed by atoms with E-state index >= 15 is 0 Å². The molecule has 0 aliphatic carbocycles. The zero-order valence-corrected chi connectivity index (χ0v) is 12.5. The van der Waals surface area contributed by atoms with Crippen molar-refractivity contribution in [3.05, 3.63) is 71.8 Å². The molecule has 0 aromatic heterocycles. The van der Waals surface area contributed by atoms with Crippen molar-refractivity contribution in [2.45, 2.75) is 26.2 Å². The smallest absolute Gasteiger partial charge is 0.00219 e. The molecule has 0 aliphatic heterocycles. The third-order valence-corrected chi connectivity index (χ3v) is 3.66. The zero-order chi connectivity index (χ0) is 14.0. The van der Waals surface area contributed by atoms with Crippen LogP contribution < -0.4 is 0 Å². The van der Waals surface area contributed by atoms with Gasteiger partial charge in [-0.05, 0) is 36.9 Å². The Labute approximate surface area is 123 Å². The summed E-state index contributed by atoms with van der Waals surface area (Å²) >= 11 is 0. The Morgan fingerprint density at radius 1 is 0.650 bits per heavy atom. The summed E-state index contributed by atoms with van der Waals surface area (Å²) in [6.07, 6.45) is 3.52. The summed E-state index contributed by atoms with van der Waals surface area (Å²) in [5.74, 6) is 0.